The molecular weight excluding hydrogens is 869 g/mol. The Hall–Kier alpha value is -7.94. The molecule has 0 spiro atoms. The van der Waals surface area contributed by atoms with Gasteiger partial charge in [0.15, 0.2) is 0 Å². The van der Waals surface area contributed by atoms with Gasteiger partial charge in [-0.1, -0.05) is 189 Å². The fourth-order valence-corrected chi connectivity index (χ4v) is 13.4. The molecule has 0 saturated heterocycles. The van der Waals surface area contributed by atoms with E-state index in [1.54, 1.807) is 0 Å². The van der Waals surface area contributed by atoms with Crippen molar-refractivity contribution in [3.05, 3.63) is 250 Å². The Morgan fingerprint density at radius 1 is 0.264 bits per heavy atom. The highest BCUT2D eigenvalue weighted by atomic mass is 15.2. The highest BCUT2D eigenvalue weighted by Gasteiger charge is 2.47. The van der Waals surface area contributed by atoms with Crippen molar-refractivity contribution in [2.75, 3.05) is 9.80 Å². The average molecular weight is 927 g/mol. The number of hydrogen-bond acceptors (Lipinski definition) is 2. The number of rotatable bonds is 4. The number of para-hydroxylation sites is 4. The second-order valence-corrected chi connectivity index (χ2v) is 23.1. The van der Waals surface area contributed by atoms with E-state index in [9.17, 15) is 0 Å². The van der Waals surface area contributed by atoms with Gasteiger partial charge in [0.2, 0.25) is 0 Å². The predicted octanol–water partition coefficient (Wildman–Crippen LogP) is 19.0. The maximum absolute atomic E-state index is 2.54. The van der Waals surface area contributed by atoms with Crippen LogP contribution in [0.4, 0.5) is 34.1 Å². The molecule has 2 nitrogen and oxygen atoms in total. The third-order valence-corrected chi connectivity index (χ3v) is 17.5. The molecule has 2 heteroatoms. The van der Waals surface area contributed by atoms with E-state index in [1.165, 1.54) is 134 Å². The third kappa shape index (κ3) is 5.96. The van der Waals surface area contributed by atoms with Gasteiger partial charge in [0.05, 0.1) is 34.1 Å². The van der Waals surface area contributed by atoms with Gasteiger partial charge in [0, 0.05) is 21.7 Å². The van der Waals surface area contributed by atoms with Crippen molar-refractivity contribution in [3.63, 3.8) is 0 Å². The summed E-state index contributed by atoms with van der Waals surface area (Å²) in [6, 6.07) is 73.7. The number of hydrogen-bond donors (Lipinski definition) is 0. The quantitative estimate of drug-likeness (QED) is 0.162. The maximum Gasteiger partial charge on any atom is 0.0544 e. The van der Waals surface area contributed by atoms with Crippen LogP contribution in [0.2, 0.25) is 0 Å². The molecule has 0 amide bonds. The summed E-state index contributed by atoms with van der Waals surface area (Å²) in [5, 5.41) is 4.97. The first-order valence-corrected chi connectivity index (χ1v) is 25.8. The van der Waals surface area contributed by atoms with Gasteiger partial charge in [-0.3, -0.25) is 0 Å². The highest BCUT2D eigenvalue weighted by Crippen LogP contribution is 2.62. The van der Waals surface area contributed by atoms with E-state index in [-0.39, 0.29) is 21.7 Å². The lowest BCUT2D eigenvalue weighted by atomic mass is 9.65. The zero-order chi connectivity index (χ0) is 49.1. The van der Waals surface area contributed by atoms with Crippen LogP contribution in [-0.4, -0.2) is 0 Å². The lowest BCUT2D eigenvalue weighted by Crippen LogP contribution is -2.38. The van der Waals surface area contributed by atoms with Crippen LogP contribution >= 0.6 is 0 Å². The van der Waals surface area contributed by atoms with Crippen molar-refractivity contribution in [1.29, 1.82) is 0 Å². The van der Waals surface area contributed by atoms with Gasteiger partial charge in [-0.25, -0.2) is 0 Å². The summed E-state index contributed by atoms with van der Waals surface area (Å²) in [6.07, 6.45) is 4.51. The summed E-state index contributed by atoms with van der Waals surface area (Å²) in [5.41, 5.74) is 25.6. The second kappa shape index (κ2) is 14.8. The lowest BCUT2D eigenvalue weighted by molar-refractivity contribution is 0.597. The summed E-state index contributed by atoms with van der Waals surface area (Å²) in [5.74, 6) is 0. The number of anilines is 6. The predicted molar refractivity (Wildman–Crippen MR) is 306 cm³/mol. The summed E-state index contributed by atoms with van der Waals surface area (Å²) < 4.78 is 0. The number of nitrogens with zero attached hydrogens (tertiary/aromatic N) is 2. The normalized spacial score (nSPS) is 16.7. The standard InChI is InChI=1S/C70H58N2/c1-67(2)53-17-9-13-21-61(53)71-62-22-14-10-18-54(62)68(3,4)58-40-51(39-57(67)65(58)71)49-33-31-45-35-43(27-29-47(45)37-49)25-26-44-28-30-48-38-50(34-32-46(48)36-44)52-41-59-66-60(42-52)70(7,8)56-20-12-16-24-64(56)72(66)63-23-15-11-19-55(63)69(59,5)6/h9-42H,1-8H3/b26-25+. The van der Waals surface area contributed by atoms with E-state index in [0.717, 1.165) is 0 Å². The molecule has 0 atom stereocenters. The molecule has 0 radical (unpaired) electrons. The Morgan fingerprint density at radius 3 is 0.861 bits per heavy atom. The second-order valence-electron chi connectivity index (χ2n) is 23.1. The first-order chi connectivity index (χ1) is 34.7. The Bertz CT molecular complexity index is 3580. The molecule has 0 unspecified atom stereocenters. The van der Waals surface area contributed by atoms with Crippen molar-refractivity contribution in [2.24, 2.45) is 0 Å². The van der Waals surface area contributed by atoms with Gasteiger partial charge in [-0.05, 0) is 172 Å². The molecule has 10 aromatic rings. The van der Waals surface area contributed by atoms with Crippen molar-refractivity contribution < 1.29 is 0 Å². The summed E-state index contributed by atoms with van der Waals surface area (Å²) in [4.78, 5) is 5.08. The first-order valence-electron chi connectivity index (χ1n) is 25.8. The fraction of sp³-hybridized carbons (Fsp3) is 0.171. The fourth-order valence-electron chi connectivity index (χ4n) is 13.4. The minimum absolute atomic E-state index is 0.167. The molecule has 0 N–H and O–H groups in total. The van der Waals surface area contributed by atoms with Crippen LogP contribution in [0.5, 0.6) is 0 Å². The topological polar surface area (TPSA) is 6.48 Å². The minimum atomic E-state index is -0.167. The molecule has 0 aromatic heterocycles. The van der Waals surface area contributed by atoms with Gasteiger partial charge in [0.1, 0.15) is 0 Å². The SMILES string of the molecule is CC1(C)c2ccccc2N2c3ccccc3C(C)(C)c3cc(-c4ccc5cc(/C=C/c6ccc7cc(-c8cc9c%10c(c8)C(C)(C)c8ccccc8N%10c8ccccc8C9(C)C)ccc7c6)ccc5c4)cc1c32. The van der Waals surface area contributed by atoms with E-state index in [4.69, 9.17) is 0 Å². The molecule has 4 heterocycles. The van der Waals surface area contributed by atoms with Crippen molar-refractivity contribution in [3.8, 4) is 22.3 Å². The molecule has 0 fully saturated rings. The smallest absolute Gasteiger partial charge is 0.0544 e. The van der Waals surface area contributed by atoms with E-state index in [1.807, 2.05) is 0 Å². The van der Waals surface area contributed by atoms with Crippen LogP contribution in [0.25, 0.3) is 56.0 Å². The van der Waals surface area contributed by atoms with Gasteiger partial charge >= 0.3 is 0 Å². The van der Waals surface area contributed by atoms with Crippen molar-refractivity contribution >= 4 is 67.8 Å². The highest BCUT2D eigenvalue weighted by molar-refractivity contribution is 5.98. The van der Waals surface area contributed by atoms with E-state index in [0.29, 0.717) is 0 Å². The van der Waals surface area contributed by atoms with Gasteiger partial charge in [0.25, 0.3) is 0 Å². The summed E-state index contributed by atoms with van der Waals surface area (Å²) in [6.45, 7) is 19.2. The molecule has 348 valence electrons. The Kier molecular flexibility index (Phi) is 8.82. The first kappa shape index (κ1) is 42.9. The van der Waals surface area contributed by atoms with Gasteiger partial charge in [-0.2, -0.15) is 0 Å². The van der Waals surface area contributed by atoms with Crippen LogP contribution < -0.4 is 9.80 Å². The lowest BCUT2D eigenvalue weighted by Gasteiger charge is -2.49. The molecule has 10 aromatic carbocycles. The van der Waals surface area contributed by atoms with E-state index in [2.05, 4.69) is 271 Å². The Morgan fingerprint density at radius 2 is 0.542 bits per heavy atom. The Balaban J connectivity index is 0.774. The van der Waals surface area contributed by atoms with E-state index < -0.39 is 0 Å². The van der Waals surface area contributed by atoms with Crippen molar-refractivity contribution in [1.82, 2.24) is 0 Å². The molecule has 4 aliphatic heterocycles. The molecule has 4 aliphatic rings. The summed E-state index contributed by atoms with van der Waals surface area (Å²) >= 11 is 0. The van der Waals surface area contributed by atoms with Crippen LogP contribution in [0.1, 0.15) is 111 Å². The molecule has 14 rings (SSSR count). The third-order valence-electron chi connectivity index (χ3n) is 17.5. The monoisotopic (exact) mass is 926 g/mol. The van der Waals surface area contributed by atoms with Gasteiger partial charge < -0.3 is 9.80 Å². The largest absolute Gasteiger partial charge is 0.309 e. The molecule has 0 saturated carbocycles. The van der Waals surface area contributed by atoms with Crippen LogP contribution in [-0.2, 0) is 21.7 Å². The van der Waals surface area contributed by atoms with Gasteiger partial charge in [-0.15, -0.1) is 0 Å². The average Bonchev–Trinajstić information content (AvgIpc) is 3.39. The van der Waals surface area contributed by atoms with Crippen molar-refractivity contribution in [2.45, 2.75) is 77.0 Å². The number of fused-ring (bicyclic) bond motifs is 10. The maximum atomic E-state index is 2.54. The minimum Gasteiger partial charge on any atom is -0.309 e. The summed E-state index contributed by atoms with van der Waals surface area (Å²) in [7, 11) is 0. The number of benzene rings is 10. The molecular formula is C70H58N2. The van der Waals surface area contributed by atoms with Crippen LogP contribution in [0.15, 0.2) is 194 Å². The molecule has 72 heavy (non-hydrogen) atoms. The van der Waals surface area contributed by atoms with Crippen LogP contribution in [0.3, 0.4) is 0 Å². The molecule has 0 bridgehead atoms. The molecule has 0 aliphatic carbocycles. The van der Waals surface area contributed by atoms with E-state index >= 15 is 0 Å². The zero-order valence-corrected chi connectivity index (χ0v) is 42.5. The zero-order valence-electron chi connectivity index (χ0n) is 42.5. The Labute approximate surface area is 424 Å². The van der Waals surface area contributed by atoms with Crippen LogP contribution in [0, 0.1) is 0 Å².